The Morgan fingerprint density at radius 3 is 2.21 bits per heavy atom. The molecule has 5 nitrogen and oxygen atoms in total. The van der Waals surface area contributed by atoms with Gasteiger partial charge in [0.2, 0.25) is 0 Å². The lowest BCUT2D eigenvalue weighted by molar-refractivity contribution is -0.159. The lowest BCUT2D eigenvalue weighted by atomic mass is 9.90. The zero-order valence-electron chi connectivity index (χ0n) is 14.7. The van der Waals surface area contributed by atoms with E-state index in [9.17, 15) is 14.4 Å². The molecule has 0 N–H and O–H groups in total. The van der Waals surface area contributed by atoms with Crippen molar-refractivity contribution < 1.29 is 23.9 Å². The van der Waals surface area contributed by atoms with Gasteiger partial charge in [0.15, 0.2) is 0 Å². The SMILES string of the molecule is CCCC(=O)OC(=O)CCC.COc1cccc2c1CC(=O)CC2. The van der Waals surface area contributed by atoms with E-state index in [0.29, 0.717) is 31.5 Å². The number of ketones is 1. The molecule has 0 bridgehead atoms. The van der Waals surface area contributed by atoms with E-state index in [1.54, 1.807) is 7.11 Å². The van der Waals surface area contributed by atoms with Gasteiger partial charge < -0.3 is 9.47 Å². The van der Waals surface area contributed by atoms with Crippen molar-refractivity contribution in [3.8, 4) is 5.75 Å². The molecule has 132 valence electrons. The number of rotatable bonds is 5. The number of carbonyl (C=O) groups excluding carboxylic acids is 3. The number of fused-ring (bicyclic) bond motifs is 1. The van der Waals surface area contributed by atoms with Crippen LogP contribution in [0.2, 0.25) is 0 Å². The summed E-state index contributed by atoms with van der Waals surface area (Å²) in [6.07, 6.45) is 4.19. The van der Waals surface area contributed by atoms with Crippen LogP contribution in [-0.2, 0) is 32.0 Å². The molecule has 0 heterocycles. The summed E-state index contributed by atoms with van der Waals surface area (Å²) in [6.45, 7) is 3.73. The zero-order chi connectivity index (χ0) is 17.9. The molecule has 24 heavy (non-hydrogen) atoms. The molecule has 0 aromatic heterocycles. The topological polar surface area (TPSA) is 69.7 Å². The fraction of sp³-hybridized carbons (Fsp3) is 0.526. The van der Waals surface area contributed by atoms with Gasteiger partial charge in [0.25, 0.3) is 0 Å². The van der Waals surface area contributed by atoms with E-state index in [-0.39, 0.29) is 0 Å². The Balaban J connectivity index is 0.000000245. The summed E-state index contributed by atoms with van der Waals surface area (Å²) in [5.74, 6) is 0.347. The number of esters is 2. The maximum absolute atomic E-state index is 11.2. The van der Waals surface area contributed by atoms with E-state index in [1.807, 2.05) is 26.0 Å². The van der Waals surface area contributed by atoms with Crippen LogP contribution in [0, 0.1) is 0 Å². The molecule has 0 aliphatic heterocycles. The minimum absolute atomic E-state index is 0.317. The average Bonchev–Trinajstić information content (AvgIpc) is 2.55. The lowest BCUT2D eigenvalue weighted by Gasteiger charge is -2.17. The zero-order valence-corrected chi connectivity index (χ0v) is 14.7. The first-order chi connectivity index (χ1) is 11.5. The minimum Gasteiger partial charge on any atom is -0.496 e. The number of benzene rings is 1. The molecular weight excluding hydrogens is 308 g/mol. The Morgan fingerprint density at radius 1 is 1.04 bits per heavy atom. The summed E-state index contributed by atoms with van der Waals surface area (Å²) in [5, 5.41) is 0. The number of Topliss-reactive ketones (excluding diaryl/α,β-unsaturated/α-hetero) is 1. The Bertz CT molecular complexity index is 547. The van der Waals surface area contributed by atoms with Crippen molar-refractivity contribution in [1.82, 2.24) is 0 Å². The van der Waals surface area contributed by atoms with Gasteiger partial charge in [0.1, 0.15) is 11.5 Å². The summed E-state index contributed by atoms with van der Waals surface area (Å²) in [4.78, 5) is 32.6. The summed E-state index contributed by atoms with van der Waals surface area (Å²) >= 11 is 0. The van der Waals surface area contributed by atoms with Gasteiger partial charge in [0.05, 0.1) is 7.11 Å². The third kappa shape index (κ3) is 6.52. The Morgan fingerprint density at radius 2 is 1.67 bits per heavy atom. The van der Waals surface area contributed by atoms with E-state index in [0.717, 1.165) is 30.6 Å². The maximum atomic E-state index is 11.2. The second-order valence-corrected chi connectivity index (χ2v) is 5.66. The molecule has 0 saturated carbocycles. The molecule has 2 rings (SSSR count). The summed E-state index contributed by atoms with van der Waals surface area (Å²) in [7, 11) is 1.65. The van der Waals surface area contributed by atoms with E-state index in [1.165, 1.54) is 5.56 Å². The number of methoxy groups -OCH3 is 1. The summed E-state index contributed by atoms with van der Waals surface area (Å²) in [6, 6.07) is 5.97. The second kappa shape index (κ2) is 10.6. The molecule has 1 aliphatic carbocycles. The molecule has 0 saturated heterocycles. The fourth-order valence-corrected chi connectivity index (χ4v) is 2.43. The van der Waals surface area contributed by atoms with Gasteiger partial charge in [-0.25, -0.2) is 0 Å². The third-order valence-corrected chi connectivity index (χ3v) is 3.63. The number of aryl methyl sites for hydroxylation is 1. The average molecular weight is 334 g/mol. The first-order valence-corrected chi connectivity index (χ1v) is 8.41. The van der Waals surface area contributed by atoms with Crippen LogP contribution in [0.1, 0.15) is 57.1 Å². The number of hydrogen-bond donors (Lipinski definition) is 0. The lowest BCUT2D eigenvalue weighted by Crippen LogP contribution is -2.14. The van der Waals surface area contributed by atoms with Crippen LogP contribution >= 0.6 is 0 Å². The van der Waals surface area contributed by atoms with Crippen molar-refractivity contribution in [1.29, 1.82) is 0 Å². The highest BCUT2D eigenvalue weighted by Gasteiger charge is 2.18. The normalized spacial score (nSPS) is 12.5. The Kier molecular flexibility index (Phi) is 8.76. The highest BCUT2D eigenvalue weighted by atomic mass is 16.6. The van der Waals surface area contributed by atoms with E-state index >= 15 is 0 Å². The molecule has 0 atom stereocenters. The maximum Gasteiger partial charge on any atom is 0.313 e. The predicted molar refractivity (Wildman–Crippen MR) is 90.9 cm³/mol. The largest absolute Gasteiger partial charge is 0.496 e. The van der Waals surface area contributed by atoms with Gasteiger partial charge in [0, 0.05) is 31.2 Å². The van der Waals surface area contributed by atoms with Crippen molar-refractivity contribution >= 4 is 17.7 Å². The highest BCUT2D eigenvalue weighted by molar-refractivity contribution is 5.85. The summed E-state index contributed by atoms with van der Waals surface area (Å²) < 4.78 is 9.66. The summed E-state index contributed by atoms with van der Waals surface area (Å²) in [5.41, 5.74) is 2.35. The molecule has 1 aromatic rings. The monoisotopic (exact) mass is 334 g/mol. The van der Waals surface area contributed by atoms with Crippen LogP contribution in [0.15, 0.2) is 18.2 Å². The van der Waals surface area contributed by atoms with Crippen LogP contribution in [0.5, 0.6) is 5.75 Å². The van der Waals surface area contributed by atoms with Crippen LogP contribution in [0.25, 0.3) is 0 Å². The highest BCUT2D eigenvalue weighted by Crippen LogP contribution is 2.27. The molecule has 0 amide bonds. The smallest absolute Gasteiger partial charge is 0.313 e. The molecule has 0 fully saturated rings. The van der Waals surface area contributed by atoms with Crippen LogP contribution in [0.4, 0.5) is 0 Å². The van der Waals surface area contributed by atoms with Gasteiger partial charge >= 0.3 is 11.9 Å². The first-order valence-electron chi connectivity index (χ1n) is 8.41. The quantitative estimate of drug-likeness (QED) is 0.609. The van der Waals surface area contributed by atoms with Crippen molar-refractivity contribution in [2.24, 2.45) is 0 Å². The Labute approximate surface area is 143 Å². The van der Waals surface area contributed by atoms with Gasteiger partial charge in [-0.1, -0.05) is 26.0 Å². The number of hydrogen-bond acceptors (Lipinski definition) is 5. The van der Waals surface area contributed by atoms with E-state index < -0.39 is 11.9 Å². The standard InChI is InChI=1S/C11H12O2.C8H14O3/c1-13-11-4-2-3-8-5-6-9(12)7-10(8)11;1-3-5-7(9)11-8(10)6-4-2/h2-4H,5-7H2,1H3;3-6H2,1-2H3. The minimum atomic E-state index is -0.411. The van der Waals surface area contributed by atoms with Gasteiger partial charge in [-0.15, -0.1) is 0 Å². The molecule has 0 radical (unpaired) electrons. The van der Waals surface area contributed by atoms with Crippen molar-refractivity contribution in [3.05, 3.63) is 29.3 Å². The molecule has 0 unspecified atom stereocenters. The van der Waals surface area contributed by atoms with Gasteiger partial charge in [-0.05, 0) is 30.9 Å². The molecule has 1 aromatic carbocycles. The van der Waals surface area contributed by atoms with E-state index in [4.69, 9.17) is 4.74 Å². The third-order valence-electron chi connectivity index (χ3n) is 3.63. The Hall–Kier alpha value is -2.17. The van der Waals surface area contributed by atoms with Crippen molar-refractivity contribution in [2.45, 2.75) is 58.8 Å². The van der Waals surface area contributed by atoms with Gasteiger partial charge in [-0.2, -0.15) is 0 Å². The van der Waals surface area contributed by atoms with Crippen LogP contribution in [0.3, 0.4) is 0 Å². The predicted octanol–water partition coefficient (Wildman–Crippen LogP) is 3.41. The van der Waals surface area contributed by atoms with Crippen LogP contribution < -0.4 is 4.74 Å². The first kappa shape index (κ1) is 19.9. The second-order valence-electron chi connectivity index (χ2n) is 5.66. The van der Waals surface area contributed by atoms with E-state index in [2.05, 4.69) is 10.8 Å². The molecule has 1 aliphatic rings. The number of ether oxygens (including phenoxy) is 2. The molecule has 0 spiro atoms. The van der Waals surface area contributed by atoms with Gasteiger partial charge in [-0.3, -0.25) is 14.4 Å². The van der Waals surface area contributed by atoms with Crippen molar-refractivity contribution in [2.75, 3.05) is 7.11 Å². The molecular formula is C19H26O5. The van der Waals surface area contributed by atoms with Crippen molar-refractivity contribution in [3.63, 3.8) is 0 Å². The molecule has 5 heteroatoms. The number of carbonyl (C=O) groups is 3. The van der Waals surface area contributed by atoms with Crippen LogP contribution in [-0.4, -0.2) is 24.8 Å². The fourth-order valence-electron chi connectivity index (χ4n) is 2.43.